The molecule has 0 aliphatic carbocycles. The van der Waals surface area contributed by atoms with Crippen molar-refractivity contribution in [2.75, 3.05) is 29.4 Å². The first-order valence-electron chi connectivity index (χ1n) is 6.73. The van der Waals surface area contributed by atoms with Gasteiger partial charge in [0.15, 0.2) is 0 Å². The molecule has 2 saturated heterocycles. The van der Waals surface area contributed by atoms with E-state index >= 15 is 0 Å². The van der Waals surface area contributed by atoms with Gasteiger partial charge in [0.1, 0.15) is 5.82 Å². The normalized spacial score (nSPS) is 19.5. The van der Waals surface area contributed by atoms with Crippen molar-refractivity contribution in [2.24, 2.45) is 0 Å². The van der Waals surface area contributed by atoms with E-state index in [0.717, 1.165) is 37.8 Å². The van der Waals surface area contributed by atoms with Crippen molar-refractivity contribution in [3.63, 3.8) is 0 Å². The number of rotatable bonds is 2. The second kappa shape index (κ2) is 6.19. The van der Waals surface area contributed by atoms with Crippen LogP contribution in [0.2, 0.25) is 0 Å². The lowest BCUT2D eigenvalue weighted by molar-refractivity contribution is -0.117. The Morgan fingerprint density at radius 2 is 1.84 bits per heavy atom. The van der Waals surface area contributed by atoms with E-state index in [-0.39, 0.29) is 18.3 Å². The van der Waals surface area contributed by atoms with Gasteiger partial charge in [0.2, 0.25) is 11.9 Å². The molecule has 2 fully saturated rings. The maximum absolute atomic E-state index is 11.7. The van der Waals surface area contributed by atoms with Crippen molar-refractivity contribution in [2.45, 2.75) is 32.1 Å². The predicted molar refractivity (Wildman–Crippen MR) is 76.9 cm³/mol. The van der Waals surface area contributed by atoms with E-state index in [2.05, 4.69) is 14.9 Å². The fraction of sp³-hybridized carbons (Fsp3) is 0.615. The largest absolute Gasteiger partial charge is 0.341 e. The van der Waals surface area contributed by atoms with E-state index in [0.29, 0.717) is 6.42 Å². The molecule has 0 bridgehead atoms. The topological polar surface area (TPSA) is 49.3 Å². The van der Waals surface area contributed by atoms with Crippen LogP contribution in [0.5, 0.6) is 0 Å². The van der Waals surface area contributed by atoms with Crippen LogP contribution in [0.3, 0.4) is 0 Å². The summed E-state index contributed by atoms with van der Waals surface area (Å²) in [6, 6.07) is 1.83. The van der Waals surface area contributed by atoms with Gasteiger partial charge in [-0.1, -0.05) is 0 Å². The Labute approximate surface area is 119 Å². The van der Waals surface area contributed by atoms with Crippen LogP contribution in [0.25, 0.3) is 0 Å². The van der Waals surface area contributed by atoms with Gasteiger partial charge in [-0.05, 0) is 31.7 Å². The van der Waals surface area contributed by atoms with Crippen LogP contribution in [-0.2, 0) is 4.79 Å². The van der Waals surface area contributed by atoms with Crippen molar-refractivity contribution in [1.82, 2.24) is 9.97 Å². The van der Waals surface area contributed by atoms with Gasteiger partial charge in [-0.2, -0.15) is 4.98 Å². The van der Waals surface area contributed by atoms with Gasteiger partial charge in [-0.15, -0.1) is 12.4 Å². The summed E-state index contributed by atoms with van der Waals surface area (Å²) in [6.07, 6.45) is 7.04. The van der Waals surface area contributed by atoms with Crippen LogP contribution < -0.4 is 9.80 Å². The number of amides is 1. The molecule has 0 aromatic carbocycles. The minimum Gasteiger partial charge on any atom is -0.341 e. The summed E-state index contributed by atoms with van der Waals surface area (Å²) in [5, 5.41) is 0. The van der Waals surface area contributed by atoms with Crippen LogP contribution in [0, 0.1) is 0 Å². The van der Waals surface area contributed by atoms with Gasteiger partial charge in [-0.3, -0.25) is 9.69 Å². The van der Waals surface area contributed by atoms with Crippen LogP contribution in [-0.4, -0.2) is 35.5 Å². The van der Waals surface area contributed by atoms with E-state index in [4.69, 9.17) is 0 Å². The molecule has 2 aliphatic rings. The first-order chi connectivity index (χ1) is 8.84. The molecule has 104 valence electrons. The third kappa shape index (κ3) is 2.97. The zero-order valence-corrected chi connectivity index (χ0v) is 11.7. The molecule has 3 heterocycles. The number of piperidine rings is 1. The first kappa shape index (κ1) is 14.1. The van der Waals surface area contributed by atoms with Crippen LogP contribution in [0.4, 0.5) is 11.8 Å². The number of aromatic nitrogens is 2. The van der Waals surface area contributed by atoms with E-state index in [1.165, 1.54) is 19.3 Å². The number of anilines is 2. The van der Waals surface area contributed by atoms with Crippen molar-refractivity contribution in [1.29, 1.82) is 0 Å². The molecule has 5 nitrogen and oxygen atoms in total. The van der Waals surface area contributed by atoms with Crippen molar-refractivity contribution in [3.8, 4) is 0 Å². The summed E-state index contributed by atoms with van der Waals surface area (Å²) in [5.41, 5.74) is 0. The van der Waals surface area contributed by atoms with E-state index < -0.39 is 0 Å². The number of nitrogens with zero attached hydrogens (tertiary/aromatic N) is 4. The van der Waals surface area contributed by atoms with Gasteiger partial charge >= 0.3 is 0 Å². The Morgan fingerprint density at radius 1 is 1.05 bits per heavy atom. The number of hydrogen-bond acceptors (Lipinski definition) is 4. The molecule has 0 spiro atoms. The zero-order chi connectivity index (χ0) is 12.4. The molecule has 6 heteroatoms. The fourth-order valence-electron chi connectivity index (χ4n) is 2.63. The van der Waals surface area contributed by atoms with Crippen LogP contribution >= 0.6 is 12.4 Å². The Bertz CT molecular complexity index is 448. The number of halogens is 1. The smallest absolute Gasteiger partial charge is 0.228 e. The zero-order valence-electron chi connectivity index (χ0n) is 10.9. The van der Waals surface area contributed by atoms with Crippen molar-refractivity contribution in [3.05, 3.63) is 12.3 Å². The molecule has 1 aromatic heterocycles. The molecule has 0 radical (unpaired) electrons. The molecule has 1 aromatic rings. The van der Waals surface area contributed by atoms with Crippen molar-refractivity contribution < 1.29 is 4.79 Å². The minimum atomic E-state index is 0. The van der Waals surface area contributed by atoms with Gasteiger partial charge < -0.3 is 4.90 Å². The van der Waals surface area contributed by atoms with Crippen LogP contribution in [0.15, 0.2) is 12.3 Å². The fourth-order valence-corrected chi connectivity index (χ4v) is 2.63. The summed E-state index contributed by atoms with van der Waals surface area (Å²) in [4.78, 5) is 24.6. The maximum Gasteiger partial charge on any atom is 0.228 e. The SMILES string of the molecule is Cl.O=C1CCCN1c1ccnc(N2CCCCC2)n1. The van der Waals surface area contributed by atoms with E-state index in [9.17, 15) is 4.79 Å². The second-order valence-corrected chi connectivity index (χ2v) is 4.91. The highest BCUT2D eigenvalue weighted by molar-refractivity contribution is 5.94. The number of carbonyl (C=O) groups excluding carboxylic acids is 1. The van der Waals surface area contributed by atoms with Crippen LogP contribution in [0.1, 0.15) is 32.1 Å². The molecular formula is C13H19ClN4O. The lowest BCUT2D eigenvalue weighted by Gasteiger charge is -2.27. The molecule has 0 atom stereocenters. The first-order valence-corrected chi connectivity index (χ1v) is 6.73. The Balaban J connectivity index is 0.00000133. The number of hydrogen-bond donors (Lipinski definition) is 0. The number of carbonyl (C=O) groups is 1. The lowest BCUT2D eigenvalue weighted by atomic mass is 10.1. The van der Waals surface area contributed by atoms with E-state index in [1.54, 1.807) is 11.1 Å². The summed E-state index contributed by atoms with van der Waals surface area (Å²) >= 11 is 0. The molecule has 0 unspecified atom stereocenters. The molecule has 0 saturated carbocycles. The monoisotopic (exact) mass is 282 g/mol. The summed E-state index contributed by atoms with van der Waals surface area (Å²) in [5.74, 6) is 1.71. The highest BCUT2D eigenvalue weighted by Gasteiger charge is 2.23. The van der Waals surface area contributed by atoms with Gasteiger partial charge in [0, 0.05) is 32.3 Å². The lowest BCUT2D eigenvalue weighted by Crippen LogP contribution is -2.32. The third-order valence-corrected chi connectivity index (χ3v) is 3.62. The Morgan fingerprint density at radius 3 is 2.53 bits per heavy atom. The molecule has 0 N–H and O–H groups in total. The molecular weight excluding hydrogens is 264 g/mol. The third-order valence-electron chi connectivity index (χ3n) is 3.62. The van der Waals surface area contributed by atoms with Gasteiger partial charge in [0.25, 0.3) is 0 Å². The summed E-state index contributed by atoms with van der Waals surface area (Å²) in [6.45, 7) is 2.84. The molecule has 2 aliphatic heterocycles. The average molecular weight is 283 g/mol. The Hall–Kier alpha value is -1.36. The Kier molecular flexibility index (Phi) is 4.58. The summed E-state index contributed by atoms with van der Waals surface area (Å²) < 4.78 is 0. The molecule has 1 amide bonds. The molecule has 3 rings (SSSR count). The maximum atomic E-state index is 11.7. The minimum absolute atomic E-state index is 0. The standard InChI is InChI=1S/C13H18N4O.ClH/c18-12-5-4-10-17(12)11-6-7-14-13(15-11)16-8-2-1-3-9-16;/h6-7H,1-5,8-10H2;1H. The van der Waals surface area contributed by atoms with Gasteiger partial charge in [0.05, 0.1) is 0 Å². The predicted octanol–water partition coefficient (Wildman–Crippen LogP) is 2.02. The van der Waals surface area contributed by atoms with Gasteiger partial charge in [-0.25, -0.2) is 4.98 Å². The summed E-state index contributed by atoms with van der Waals surface area (Å²) in [7, 11) is 0. The molecule has 19 heavy (non-hydrogen) atoms. The van der Waals surface area contributed by atoms with Crippen molar-refractivity contribution >= 4 is 30.1 Å². The average Bonchev–Trinajstić information content (AvgIpc) is 2.86. The second-order valence-electron chi connectivity index (χ2n) is 4.91. The highest BCUT2D eigenvalue weighted by Crippen LogP contribution is 2.22. The quantitative estimate of drug-likeness (QED) is 0.833. The van der Waals surface area contributed by atoms with E-state index in [1.807, 2.05) is 6.07 Å². The highest BCUT2D eigenvalue weighted by atomic mass is 35.5.